The van der Waals surface area contributed by atoms with E-state index in [0.717, 1.165) is 51.4 Å². The smallest absolute Gasteiger partial charge is 0.397 e. The zero-order chi connectivity index (χ0) is 51.7. The van der Waals surface area contributed by atoms with Gasteiger partial charge >= 0.3 is 16.4 Å². The van der Waals surface area contributed by atoms with Crippen LogP contribution in [0.3, 0.4) is 0 Å². The zero-order valence-corrected chi connectivity index (χ0v) is 46.1. The molecule has 0 spiro atoms. The molecular formula is C58H108O12S. The number of aliphatic hydroxyl groups is 3. The van der Waals surface area contributed by atoms with Crippen LogP contribution in [0.15, 0.2) is 36.5 Å². The fraction of sp³-hybridized carbons (Fsp3) is 0.879. The van der Waals surface area contributed by atoms with Crippen LogP contribution in [0.1, 0.15) is 264 Å². The van der Waals surface area contributed by atoms with E-state index in [1.807, 2.05) is 0 Å². The van der Waals surface area contributed by atoms with Crippen molar-refractivity contribution in [1.29, 1.82) is 0 Å². The minimum absolute atomic E-state index is 0.0341. The molecule has 0 aromatic rings. The van der Waals surface area contributed by atoms with Gasteiger partial charge < -0.3 is 34.3 Å². The van der Waals surface area contributed by atoms with Crippen molar-refractivity contribution < 1.29 is 56.2 Å². The van der Waals surface area contributed by atoms with Gasteiger partial charge in [0, 0.05) is 13.0 Å². The summed E-state index contributed by atoms with van der Waals surface area (Å²) in [5.41, 5.74) is 0. The molecule has 0 saturated carbocycles. The third-order valence-corrected chi connectivity index (χ3v) is 14.0. The van der Waals surface area contributed by atoms with Crippen molar-refractivity contribution in [3.8, 4) is 0 Å². The number of allylic oxidation sites excluding steroid dienone is 6. The average Bonchev–Trinajstić information content (AvgIpc) is 3.35. The first-order valence-corrected chi connectivity index (χ1v) is 30.6. The number of carbonyl (C=O) groups is 1. The first-order chi connectivity index (χ1) is 34.6. The Morgan fingerprint density at radius 3 is 1.37 bits per heavy atom. The van der Waals surface area contributed by atoms with E-state index in [-0.39, 0.29) is 19.6 Å². The third-order valence-electron chi connectivity index (χ3n) is 13.5. The predicted octanol–water partition coefficient (Wildman–Crippen LogP) is 14.5. The number of unbranched alkanes of at least 4 members (excludes halogenated alkanes) is 33. The maximum Gasteiger partial charge on any atom is 0.397 e. The molecule has 1 heterocycles. The van der Waals surface area contributed by atoms with Crippen LogP contribution in [0, 0.1) is 0 Å². The molecule has 1 aliphatic heterocycles. The monoisotopic (exact) mass is 1030 g/mol. The van der Waals surface area contributed by atoms with Gasteiger partial charge in [0.05, 0.1) is 19.8 Å². The van der Waals surface area contributed by atoms with Crippen LogP contribution in [0.2, 0.25) is 0 Å². The SMILES string of the molecule is CCCCCC/C=C\C/C=C\CCCCCCCCCCOCC(COC1OC(CO)C(O)C(OS(=O)(=O)O)C1O)OC(=O)CCCCCCCCCCCCCCC/C=C\CCCCCCCCCC. The lowest BCUT2D eigenvalue weighted by molar-refractivity contribution is -0.301. The van der Waals surface area contributed by atoms with Gasteiger partial charge in [0.25, 0.3) is 0 Å². The molecule has 0 bridgehead atoms. The molecule has 0 aromatic carbocycles. The fourth-order valence-corrected chi connectivity index (χ4v) is 9.56. The van der Waals surface area contributed by atoms with Gasteiger partial charge in [-0.15, -0.1) is 0 Å². The zero-order valence-electron chi connectivity index (χ0n) is 45.3. The van der Waals surface area contributed by atoms with Crippen LogP contribution in [0.4, 0.5) is 0 Å². The molecular weight excluding hydrogens is 921 g/mol. The molecule has 0 aliphatic carbocycles. The highest BCUT2D eigenvalue weighted by molar-refractivity contribution is 7.80. The summed E-state index contributed by atoms with van der Waals surface area (Å²) < 4.78 is 59.4. The highest BCUT2D eigenvalue weighted by Crippen LogP contribution is 2.26. The third kappa shape index (κ3) is 42.3. The summed E-state index contributed by atoms with van der Waals surface area (Å²) in [6.45, 7) is 4.01. The average molecular weight is 1030 g/mol. The highest BCUT2D eigenvalue weighted by Gasteiger charge is 2.48. The molecule has 1 saturated heterocycles. The van der Waals surface area contributed by atoms with Crippen molar-refractivity contribution in [2.24, 2.45) is 0 Å². The number of carbonyl (C=O) groups excluding carboxylic acids is 1. The second-order valence-corrected chi connectivity index (χ2v) is 21.3. The van der Waals surface area contributed by atoms with E-state index in [2.05, 4.69) is 54.5 Å². The standard InChI is InChI=1S/C58H108O12S/c1-3-5-7-9-11-13-15-17-19-21-23-24-25-26-27-28-29-31-33-35-37-39-41-43-45-47-54(60)68-52(51-67-58-56(62)57(70-71(63,64)65)55(61)53(49-59)69-58)50-66-48-46-44-42-40-38-36-34-32-30-22-20-18-16-14-12-10-8-6-4-2/h14,16,20-23,52-53,55-59,61-62H,3-13,15,17-19,24-51H2,1-2H3,(H,63,64,65)/b16-14-,22-20-,23-21-. The molecule has 1 rings (SSSR count). The van der Waals surface area contributed by atoms with E-state index < -0.39 is 59.8 Å². The van der Waals surface area contributed by atoms with E-state index in [9.17, 15) is 33.1 Å². The molecule has 0 radical (unpaired) electrons. The summed E-state index contributed by atoms with van der Waals surface area (Å²) in [6, 6.07) is 0. The van der Waals surface area contributed by atoms with Gasteiger partial charge in [0.15, 0.2) is 6.29 Å². The van der Waals surface area contributed by atoms with Crippen LogP contribution in [-0.2, 0) is 38.3 Å². The Bertz CT molecular complexity index is 1370. The van der Waals surface area contributed by atoms with Gasteiger partial charge in [0.2, 0.25) is 0 Å². The lowest BCUT2D eigenvalue weighted by Gasteiger charge is -2.41. The summed E-state index contributed by atoms with van der Waals surface area (Å²) in [5, 5.41) is 30.8. The Labute approximate surface area is 434 Å². The minimum Gasteiger partial charge on any atom is -0.457 e. The molecule has 13 heteroatoms. The highest BCUT2D eigenvalue weighted by atomic mass is 32.3. The summed E-state index contributed by atoms with van der Waals surface area (Å²) in [7, 11) is -5.07. The molecule has 4 N–H and O–H groups in total. The number of aliphatic hydroxyl groups excluding tert-OH is 3. The van der Waals surface area contributed by atoms with E-state index in [0.29, 0.717) is 13.0 Å². The second-order valence-electron chi connectivity index (χ2n) is 20.2. The maximum absolute atomic E-state index is 13.0. The molecule has 12 nitrogen and oxygen atoms in total. The molecule has 6 unspecified atom stereocenters. The molecule has 0 amide bonds. The lowest BCUT2D eigenvalue weighted by Crippen LogP contribution is -2.60. The van der Waals surface area contributed by atoms with Crippen molar-refractivity contribution in [1.82, 2.24) is 0 Å². The van der Waals surface area contributed by atoms with Gasteiger partial charge in [0.1, 0.15) is 30.5 Å². The van der Waals surface area contributed by atoms with Crippen LogP contribution in [0.5, 0.6) is 0 Å². The fourth-order valence-electron chi connectivity index (χ4n) is 9.05. The van der Waals surface area contributed by atoms with E-state index in [1.54, 1.807) is 0 Å². The van der Waals surface area contributed by atoms with Gasteiger partial charge in [-0.05, 0) is 70.6 Å². The molecule has 6 atom stereocenters. The number of esters is 1. The Kier molecular flexibility index (Phi) is 46.7. The van der Waals surface area contributed by atoms with Crippen molar-refractivity contribution >= 4 is 16.4 Å². The number of rotatable bonds is 52. The minimum atomic E-state index is -5.07. The van der Waals surface area contributed by atoms with Crippen molar-refractivity contribution in [3.63, 3.8) is 0 Å². The summed E-state index contributed by atoms with van der Waals surface area (Å²) in [6.07, 6.45) is 51.8. The molecule has 0 aromatic heterocycles. The van der Waals surface area contributed by atoms with Gasteiger partial charge in [-0.1, -0.05) is 224 Å². The normalized spacial score (nSPS) is 19.2. The summed E-state index contributed by atoms with van der Waals surface area (Å²) in [4.78, 5) is 13.0. The number of ether oxygens (including phenoxy) is 4. The Balaban J connectivity index is 2.28. The van der Waals surface area contributed by atoms with Gasteiger partial charge in [-0.3, -0.25) is 9.35 Å². The molecule has 1 aliphatic rings. The Morgan fingerprint density at radius 1 is 0.535 bits per heavy atom. The molecule has 418 valence electrons. The number of hydrogen-bond donors (Lipinski definition) is 4. The van der Waals surface area contributed by atoms with E-state index in [4.69, 9.17) is 18.9 Å². The quantitative estimate of drug-likeness (QED) is 0.0196. The van der Waals surface area contributed by atoms with Crippen molar-refractivity contribution in [2.45, 2.75) is 301 Å². The predicted molar refractivity (Wildman–Crippen MR) is 290 cm³/mol. The van der Waals surface area contributed by atoms with Gasteiger partial charge in [-0.25, -0.2) is 4.18 Å². The molecule has 71 heavy (non-hydrogen) atoms. The van der Waals surface area contributed by atoms with Gasteiger partial charge in [-0.2, -0.15) is 8.42 Å². The maximum atomic E-state index is 13.0. The summed E-state index contributed by atoms with van der Waals surface area (Å²) in [5.74, 6) is -0.397. The largest absolute Gasteiger partial charge is 0.457 e. The second kappa shape index (κ2) is 49.2. The molecule has 1 fully saturated rings. The topological polar surface area (TPSA) is 178 Å². The van der Waals surface area contributed by atoms with Crippen molar-refractivity contribution in [2.75, 3.05) is 26.4 Å². The van der Waals surface area contributed by atoms with Crippen LogP contribution < -0.4 is 0 Å². The van der Waals surface area contributed by atoms with Crippen molar-refractivity contribution in [3.05, 3.63) is 36.5 Å². The Morgan fingerprint density at radius 2 is 0.930 bits per heavy atom. The van der Waals surface area contributed by atoms with Crippen LogP contribution >= 0.6 is 0 Å². The lowest BCUT2D eigenvalue weighted by atomic mass is 9.99. The van der Waals surface area contributed by atoms with E-state index >= 15 is 0 Å². The number of hydrogen-bond acceptors (Lipinski definition) is 11. The summed E-state index contributed by atoms with van der Waals surface area (Å²) >= 11 is 0. The Hall–Kier alpha value is -1.68. The van der Waals surface area contributed by atoms with Crippen LogP contribution in [-0.4, -0.2) is 97.5 Å². The van der Waals surface area contributed by atoms with E-state index in [1.165, 1.54) is 186 Å². The first kappa shape index (κ1) is 67.3. The first-order valence-electron chi connectivity index (χ1n) is 29.2. The van der Waals surface area contributed by atoms with Crippen LogP contribution in [0.25, 0.3) is 0 Å².